The highest BCUT2D eigenvalue weighted by atomic mass is 16.8. The van der Waals surface area contributed by atoms with Crippen LogP contribution in [0.25, 0.3) is 10.4 Å². The lowest BCUT2D eigenvalue weighted by Crippen LogP contribution is -2.33. The van der Waals surface area contributed by atoms with Crippen LogP contribution in [0.4, 0.5) is 0 Å². The van der Waals surface area contributed by atoms with Gasteiger partial charge in [-0.25, -0.2) is 0 Å². The zero-order valence-electron chi connectivity index (χ0n) is 11.8. The molecule has 0 saturated carbocycles. The van der Waals surface area contributed by atoms with Crippen molar-refractivity contribution in [1.82, 2.24) is 0 Å². The van der Waals surface area contributed by atoms with Gasteiger partial charge in [-0.15, -0.1) is 0 Å². The summed E-state index contributed by atoms with van der Waals surface area (Å²) in [5.41, 5.74) is 8.41. The zero-order valence-corrected chi connectivity index (χ0v) is 11.8. The minimum Gasteiger partial charge on any atom is -0.466 e. The lowest BCUT2D eigenvalue weighted by molar-refractivity contribution is -0.209. The average Bonchev–Trinajstić information content (AvgIpc) is 2.81. The van der Waals surface area contributed by atoms with E-state index in [1.807, 2.05) is 0 Å². The van der Waals surface area contributed by atoms with Crippen molar-refractivity contribution < 1.29 is 23.7 Å². The maximum Gasteiger partial charge on any atom is 0.306 e. The molecule has 2 fully saturated rings. The molecule has 8 nitrogen and oxygen atoms in total. The maximum atomic E-state index is 11.7. The average molecular weight is 285 g/mol. The standard InChI is InChI=1S/C12H19N3O5/c1-4-17-9(16)5-7-8(6-14-15-13)18-11-10(7)19-12(2,3)20-11/h7-8,10-11H,4-6H2,1-3H3/t7-,8-,10-,11-/m1/s1. The molecule has 0 unspecified atom stereocenters. The highest BCUT2D eigenvalue weighted by Crippen LogP contribution is 2.42. The van der Waals surface area contributed by atoms with E-state index < -0.39 is 18.2 Å². The number of fused-ring (bicyclic) bond motifs is 1. The second-order valence-corrected chi connectivity index (χ2v) is 5.23. The zero-order chi connectivity index (χ0) is 14.8. The molecule has 0 radical (unpaired) electrons. The van der Waals surface area contributed by atoms with E-state index in [-0.39, 0.29) is 31.0 Å². The molecule has 2 saturated heterocycles. The second-order valence-electron chi connectivity index (χ2n) is 5.23. The van der Waals surface area contributed by atoms with Crippen LogP contribution < -0.4 is 0 Å². The number of azide groups is 1. The number of nitrogens with zero attached hydrogens (tertiary/aromatic N) is 3. The first kappa shape index (κ1) is 15.1. The van der Waals surface area contributed by atoms with Crippen LogP contribution in [-0.4, -0.2) is 43.4 Å². The van der Waals surface area contributed by atoms with Gasteiger partial charge in [-0.3, -0.25) is 4.79 Å². The van der Waals surface area contributed by atoms with E-state index in [2.05, 4.69) is 10.0 Å². The number of rotatable bonds is 5. The van der Waals surface area contributed by atoms with Gasteiger partial charge in [-0.1, -0.05) is 5.11 Å². The number of hydrogen-bond acceptors (Lipinski definition) is 6. The van der Waals surface area contributed by atoms with E-state index in [9.17, 15) is 4.79 Å². The Hall–Kier alpha value is -1.34. The van der Waals surface area contributed by atoms with Crippen LogP contribution in [0.2, 0.25) is 0 Å². The summed E-state index contributed by atoms with van der Waals surface area (Å²) in [7, 11) is 0. The molecular formula is C12H19N3O5. The molecule has 8 heteroatoms. The van der Waals surface area contributed by atoms with E-state index in [1.54, 1.807) is 20.8 Å². The van der Waals surface area contributed by atoms with Crippen molar-refractivity contribution in [3.8, 4) is 0 Å². The lowest BCUT2D eigenvalue weighted by Gasteiger charge is -2.24. The first-order valence-electron chi connectivity index (χ1n) is 6.64. The van der Waals surface area contributed by atoms with Gasteiger partial charge in [0.2, 0.25) is 0 Å². The van der Waals surface area contributed by atoms with Gasteiger partial charge in [-0.05, 0) is 26.3 Å². The summed E-state index contributed by atoms with van der Waals surface area (Å²) in [6.07, 6.45) is -1.14. The molecule has 0 spiro atoms. The monoisotopic (exact) mass is 285 g/mol. The molecule has 2 aliphatic rings. The number of hydrogen-bond donors (Lipinski definition) is 0. The smallest absolute Gasteiger partial charge is 0.306 e. The summed E-state index contributed by atoms with van der Waals surface area (Å²) in [4.78, 5) is 14.4. The Morgan fingerprint density at radius 2 is 2.20 bits per heavy atom. The molecular weight excluding hydrogens is 266 g/mol. The van der Waals surface area contributed by atoms with Gasteiger partial charge in [0.1, 0.15) is 6.10 Å². The minimum absolute atomic E-state index is 0.140. The van der Waals surface area contributed by atoms with Crippen LogP contribution in [-0.2, 0) is 23.7 Å². The van der Waals surface area contributed by atoms with E-state index in [1.165, 1.54) is 0 Å². The molecule has 0 aromatic carbocycles. The molecule has 0 aliphatic carbocycles. The van der Waals surface area contributed by atoms with Gasteiger partial charge >= 0.3 is 5.97 Å². The Labute approximate surface area is 116 Å². The van der Waals surface area contributed by atoms with Crippen LogP contribution in [0, 0.1) is 5.92 Å². The summed E-state index contributed by atoms with van der Waals surface area (Å²) >= 11 is 0. The normalized spacial score (nSPS) is 34.4. The Morgan fingerprint density at radius 3 is 2.85 bits per heavy atom. The predicted octanol–water partition coefficient (Wildman–Crippen LogP) is 1.74. The first-order valence-corrected chi connectivity index (χ1v) is 6.64. The van der Waals surface area contributed by atoms with Gasteiger partial charge in [0.15, 0.2) is 12.1 Å². The molecule has 0 aromatic heterocycles. The molecule has 2 aliphatic heterocycles. The summed E-state index contributed by atoms with van der Waals surface area (Å²) in [5, 5.41) is 3.51. The minimum atomic E-state index is -0.744. The number of ether oxygens (including phenoxy) is 4. The first-order chi connectivity index (χ1) is 9.46. The van der Waals surface area contributed by atoms with Gasteiger partial charge < -0.3 is 18.9 Å². The molecule has 0 N–H and O–H groups in total. The van der Waals surface area contributed by atoms with Crippen molar-refractivity contribution in [1.29, 1.82) is 0 Å². The molecule has 112 valence electrons. The van der Waals surface area contributed by atoms with Crippen LogP contribution in [0.15, 0.2) is 5.11 Å². The second kappa shape index (κ2) is 5.97. The molecule has 0 aromatic rings. The molecule has 0 bridgehead atoms. The van der Waals surface area contributed by atoms with E-state index in [0.717, 1.165) is 0 Å². The molecule has 2 heterocycles. The van der Waals surface area contributed by atoms with Crippen molar-refractivity contribution in [2.75, 3.05) is 13.2 Å². The predicted molar refractivity (Wildman–Crippen MR) is 67.5 cm³/mol. The summed E-state index contributed by atoms with van der Waals surface area (Å²) in [6.45, 7) is 5.80. The molecule has 0 amide bonds. The molecule has 4 atom stereocenters. The van der Waals surface area contributed by atoms with Gasteiger partial charge in [0.05, 0.1) is 25.7 Å². The van der Waals surface area contributed by atoms with E-state index >= 15 is 0 Å². The molecule has 20 heavy (non-hydrogen) atoms. The largest absolute Gasteiger partial charge is 0.466 e. The van der Waals surface area contributed by atoms with Crippen molar-refractivity contribution in [3.05, 3.63) is 10.4 Å². The summed E-state index contributed by atoms with van der Waals surface area (Å²) in [6, 6.07) is 0. The van der Waals surface area contributed by atoms with Crippen molar-refractivity contribution in [2.45, 2.75) is 51.5 Å². The number of esters is 1. The highest BCUT2D eigenvalue weighted by Gasteiger charge is 2.54. The quantitative estimate of drug-likeness (QED) is 0.331. The number of carbonyl (C=O) groups is 1. The number of carbonyl (C=O) groups excluding carboxylic acids is 1. The Morgan fingerprint density at radius 1 is 1.45 bits per heavy atom. The van der Waals surface area contributed by atoms with Crippen molar-refractivity contribution in [2.24, 2.45) is 11.0 Å². The Balaban J connectivity index is 2.08. The third kappa shape index (κ3) is 3.21. The SMILES string of the molecule is CCOC(=O)C[C@H]1[C@H]2OC(C)(C)O[C@H]2O[C@@H]1CN=[N+]=[N-]. The Bertz CT molecular complexity index is 421. The van der Waals surface area contributed by atoms with Gasteiger partial charge in [0, 0.05) is 10.8 Å². The summed E-state index contributed by atoms with van der Waals surface area (Å²) in [5.74, 6) is -1.31. The van der Waals surface area contributed by atoms with Gasteiger partial charge in [-0.2, -0.15) is 0 Å². The van der Waals surface area contributed by atoms with E-state index in [4.69, 9.17) is 24.5 Å². The van der Waals surface area contributed by atoms with Crippen LogP contribution >= 0.6 is 0 Å². The Kier molecular flexibility index (Phi) is 4.49. The van der Waals surface area contributed by atoms with Crippen molar-refractivity contribution in [3.63, 3.8) is 0 Å². The van der Waals surface area contributed by atoms with Gasteiger partial charge in [0.25, 0.3) is 0 Å². The fourth-order valence-corrected chi connectivity index (χ4v) is 2.59. The van der Waals surface area contributed by atoms with Crippen LogP contribution in [0.1, 0.15) is 27.2 Å². The maximum absolute atomic E-state index is 11.7. The fraction of sp³-hybridized carbons (Fsp3) is 0.917. The topological polar surface area (TPSA) is 103 Å². The third-order valence-corrected chi connectivity index (χ3v) is 3.33. The highest BCUT2D eigenvalue weighted by molar-refractivity contribution is 5.69. The molecule has 2 rings (SSSR count). The van der Waals surface area contributed by atoms with Crippen LogP contribution in [0.3, 0.4) is 0 Å². The lowest BCUT2D eigenvalue weighted by atomic mass is 9.94. The third-order valence-electron chi connectivity index (χ3n) is 3.33. The fourth-order valence-electron chi connectivity index (χ4n) is 2.59. The summed E-state index contributed by atoms with van der Waals surface area (Å²) < 4.78 is 22.1. The van der Waals surface area contributed by atoms with Crippen LogP contribution in [0.5, 0.6) is 0 Å². The van der Waals surface area contributed by atoms with Crippen molar-refractivity contribution >= 4 is 5.97 Å². The van der Waals surface area contributed by atoms with E-state index in [0.29, 0.717) is 6.61 Å².